The molecule has 0 aliphatic heterocycles. The molecule has 0 amide bonds. The standard InChI is InChI=1S/C13H23NS/c1-9(2)11(4)15-13-7-5-6-12(8-14)10(13)3/h12H,5-8,14H2,1-4H3. The highest BCUT2D eigenvalue weighted by Crippen LogP contribution is 2.39. The third-order valence-electron chi connectivity index (χ3n) is 3.27. The summed E-state index contributed by atoms with van der Waals surface area (Å²) in [6, 6.07) is 0. The number of hydrogen-bond acceptors (Lipinski definition) is 2. The maximum atomic E-state index is 5.79. The summed E-state index contributed by atoms with van der Waals surface area (Å²) in [6.45, 7) is 9.65. The van der Waals surface area contributed by atoms with Gasteiger partial charge in [-0.05, 0) is 69.2 Å². The second-order valence-corrected chi connectivity index (χ2v) is 5.90. The van der Waals surface area contributed by atoms with Crippen LogP contribution in [0.3, 0.4) is 0 Å². The van der Waals surface area contributed by atoms with E-state index in [4.69, 9.17) is 5.73 Å². The van der Waals surface area contributed by atoms with Crippen LogP contribution in [0.15, 0.2) is 21.0 Å². The summed E-state index contributed by atoms with van der Waals surface area (Å²) in [4.78, 5) is 3.01. The van der Waals surface area contributed by atoms with Crippen LogP contribution < -0.4 is 5.73 Å². The Bertz CT molecular complexity index is 285. The smallest absolute Gasteiger partial charge is 0.00112 e. The van der Waals surface area contributed by atoms with E-state index in [2.05, 4.69) is 27.7 Å². The Balaban J connectivity index is 2.80. The zero-order valence-electron chi connectivity index (χ0n) is 10.4. The van der Waals surface area contributed by atoms with Gasteiger partial charge < -0.3 is 5.73 Å². The van der Waals surface area contributed by atoms with Crippen molar-refractivity contribution >= 4 is 11.8 Å². The first kappa shape index (κ1) is 12.9. The van der Waals surface area contributed by atoms with Crippen LogP contribution in [0, 0.1) is 5.92 Å². The Morgan fingerprint density at radius 2 is 2.07 bits per heavy atom. The van der Waals surface area contributed by atoms with Crippen molar-refractivity contribution in [2.45, 2.75) is 47.0 Å². The highest BCUT2D eigenvalue weighted by molar-refractivity contribution is 8.06. The van der Waals surface area contributed by atoms with E-state index in [1.54, 1.807) is 4.91 Å². The molecule has 1 aliphatic carbocycles. The lowest BCUT2D eigenvalue weighted by Gasteiger charge is -2.25. The summed E-state index contributed by atoms with van der Waals surface area (Å²) < 4.78 is 0. The zero-order valence-corrected chi connectivity index (χ0v) is 11.2. The molecule has 1 aliphatic rings. The number of hydrogen-bond donors (Lipinski definition) is 1. The van der Waals surface area contributed by atoms with Gasteiger partial charge in [0, 0.05) is 0 Å². The van der Waals surface area contributed by atoms with Crippen molar-refractivity contribution in [3.05, 3.63) is 21.0 Å². The average Bonchev–Trinajstić information content (AvgIpc) is 2.21. The van der Waals surface area contributed by atoms with E-state index >= 15 is 0 Å². The molecule has 1 nitrogen and oxygen atoms in total. The molecule has 2 heteroatoms. The van der Waals surface area contributed by atoms with Crippen LogP contribution in [0.25, 0.3) is 0 Å². The van der Waals surface area contributed by atoms with Crippen LogP contribution in [-0.4, -0.2) is 6.54 Å². The third kappa shape index (κ3) is 3.39. The van der Waals surface area contributed by atoms with Crippen LogP contribution in [0.5, 0.6) is 0 Å². The molecule has 1 atom stereocenters. The Hall–Kier alpha value is -0.210. The first-order valence-corrected chi connectivity index (χ1v) is 6.59. The van der Waals surface area contributed by atoms with E-state index in [0.717, 1.165) is 6.54 Å². The van der Waals surface area contributed by atoms with Crippen molar-refractivity contribution in [1.29, 1.82) is 0 Å². The lowest BCUT2D eigenvalue weighted by Crippen LogP contribution is -2.19. The molecular weight excluding hydrogens is 202 g/mol. The van der Waals surface area contributed by atoms with E-state index in [0.29, 0.717) is 5.92 Å². The molecule has 15 heavy (non-hydrogen) atoms. The van der Waals surface area contributed by atoms with Crippen molar-refractivity contribution in [2.75, 3.05) is 6.54 Å². The molecule has 1 unspecified atom stereocenters. The molecule has 0 aromatic carbocycles. The van der Waals surface area contributed by atoms with Gasteiger partial charge in [0.15, 0.2) is 0 Å². The lowest BCUT2D eigenvalue weighted by molar-refractivity contribution is 0.516. The fourth-order valence-electron chi connectivity index (χ4n) is 1.86. The Labute approximate surface area is 98.2 Å². The molecule has 0 aromatic rings. The minimum Gasteiger partial charge on any atom is -0.330 e. The molecule has 2 N–H and O–H groups in total. The van der Waals surface area contributed by atoms with Crippen LogP contribution in [0.1, 0.15) is 47.0 Å². The molecule has 1 rings (SSSR count). The van der Waals surface area contributed by atoms with Gasteiger partial charge in [-0.2, -0.15) is 0 Å². The molecule has 0 radical (unpaired) electrons. The summed E-state index contributed by atoms with van der Waals surface area (Å²) >= 11 is 1.96. The number of thioether (sulfide) groups is 1. The minimum atomic E-state index is 0.631. The minimum absolute atomic E-state index is 0.631. The first-order chi connectivity index (χ1) is 7.06. The largest absolute Gasteiger partial charge is 0.330 e. The summed E-state index contributed by atoms with van der Waals surface area (Å²) in [5.41, 5.74) is 8.75. The fourth-order valence-corrected chi connectivity index (χ4v) is 3.01. The maximum absolute atomic E-state index is 5.79. The van der Waals surface area contributed by atoms with Crippen LogP contribution >= 0.6 is 11.8 Å². The number of rotatable bonds is 3. The molecule has 86 valence electrons. The monoisotopic (exact) mass is 225 g/mol. The summed E-state index contributed by atoms with van der Waals surface area (Å²) in [6.07, 6.45) is 3.83. The first-order valence-electron chi connectivity index (χ1n) is 5.78. The van der Waals surface area contributed by atoms with Crippen LogP contribution in [0.2, 0.25) is 0 Å². The SMILES string of the molecule is CC(C)=C(C)SC1=C(C)C(CN)CCC1. The van der Waals surface area contributed by atoms with Crippen molar-refractivity contribution in [1.82, 2.24) is 0 Å². The summed E-state index contributed by atoms with van der Waals surface area (Å²) in [7, 11) is 0. The highest BCUT2D eigenvalue weighted by atomic mass is 32.2. The van der Waals surface area contributed by atoms with Gasteiger partial charge in [0.25, 0.3) is 0 Å². The average molecular weight is 225 g/mol. The highest BCUT2D eigenvalue weighted by Gasteiger charge is 2.19. The van der Waals surface area contributed by atoms with Crippen molar-refractivity contribution in [3.8, 4) is 0 Å². The predicted molar refractivity (Wildman–Crippen MR) is 70.7 cm³/mol. The van der Waals surface area contributed by atoms with Gasteiger partial charge in [0.05, 0.1) is 0 Å². The summed E-state index contributed by atoms with van der Waals surface area (Å²) in [5, 5.41) is 0. The molecule has 0 fully saturated rings. The van der Waals surface area contributed by atoms with Gasteiger partial charge in [-0.3, -0.25) is 0 Å². The lowest BCUT2D eigenvalue weighted by atomic mass is 9.89. The van der Waals surface area contributed by atoms with Crippen LogP contribution in [-0.2, 0) is 0 Å². The van der Waals surface area contributed by atoms with E-state index in [-0.39, 0.29) is 0 Å². The Kier molecular flexibility index (Phi) is 4.94. The molecule has 0 spiro atoms. The van der Waals surface area contributed by atoms with E-state index < -0.39 is 0 Å². The molecule has 0 bridgehead atoms. The van der Waals surface area contributed by atoms with Gasteiger partial charge in [-0.25, -0.2) is 0 Å². The van der Waals surface area contributed by atoms with Gasteiger partial charge in [-0.15, -0.1) is 0 Å². The van der Waals surface area contributed by atoms with Gasteiger partial charge in [0.1, 0.15) is 0 Å². The van der Waals surface area contributed by atoms with E-state index in [1.165, 1.54) is 35.3 Å². The second-order valence-electron chi connectivity index (χ2n) is 4.59. The van der Waals surface area contributed by atoms with Gasteiger partial charge >= 0.3 is 0 Å². The molecule has 0 saturated heterocycles. The van der Waals surface area contributed by atoms with Crippen molar-refractivity contribution < 1.29 is 0 Å². The van der Waals surface area contributed by atoms with E-state index in [9.17, 15) is 0 Å². The maximum Gasteiger partial charge on any atom is -0.00112 e. The molecule has 0 saturated carbocycles. The molecule has 0 aromatic heterocycles. The van der Waals surface area contributed by atoms with Crippen molar-refractivity contribution in [2.24, 2.45) is 11.7 Å². The predicted octanol–water partition coefficient (Wildman–Crippen LogP) is 4.07. The molecular formula is C13H23NS. The van der Waals surface area contributed by atoms with Gasteiger partial charge in [0.2, 0.25) is 0 Å². The number of allylic oxidation sites excluding steroid dienone is 3. The van der Waals surface area contributed by atoms with Crippen molar-refractivity contribution in [3.63, 3.8) is 0 Å². The van der Waals surface area contributed by atoms with Gasteiger partial charge in [-0.1, -0.05) is 22.9 Å². The third-order valence-corrected chi connectivity index (χ3v) is 4.76. The molecule has 0 heterocycles. The summed E-state index contributed by atoms with van der Waals surface area (Å²) in [5.74, 6) is 0.631. The Morgan fingerprint density at radius 1 is 1.40 bits per heavy atom. The fraction of sp³-hybridized carbons (Fsp3) is 0.692. The van der Waals surface area contributed by atoms with Crippen LogP contribution in [0.4, 0.5) is 0 Å². The number of nitrogens with two attached hydrogens (primary N) is 1. The topological polar surface area (TPSA) is 26.0 Å². The van der Waals surface area contributed by atoms with E-state index in [1.807, 2.05) is 11.8 Å². The zero-order chi connectivity index (χ0) is 11.4. The normalized spacial score (nSPS) is 21.8. The Morgan fingerprint density at radius 3 is 2.60 bits per heavy atom. The quantitative estimate of drug-likeness (QED) is 0.783. The second kappa shape index (κ2) is 5.76.